The zero-order valence-electron chi connectivity index (χ0n) is 13.3. The van der Waals surface area contributed by atoms with E-state index >= 15 is 0 Å². The maximum absolute atomic E-state index is 11.5. The second-order valence-corrected chi connectivity index (χ2v) is 6.91. The molecule has 3 atom stereocenters. The fourth-order valence-corrected chi connectivity index (χ4v) is 4.46. The summed E-state index contributed by atoms with van der Waals surface area (Å²) >= 11 is 0. The number of hydrogen-bond donors (Lipinski definition) is 1. The molecule has 0 radical (unpaired) electrons. The predicted octanol–water partition coefficient (Wildman–Crippen LogP) is 2.60. The van der Waals surface area contributed by atoms with E-state index in [-0.39, 0.29) is 11.8 Å². The van der Waals surface area contributed by atoms with Crippen molar-refractivity contribution >= 4 is 0 Å². The molecule has 1 unspecified atom stereocenters. The first-order valence-electron chi connectivity index (χ1n) is 8.52. The van der Waals surface area contributed by atoms with Crippen LogP contribution in [0.5, 0.6) is 0 Å². The van der Waals surface area contributed by atoms with Gasteiger partial charge in [0.2, 0.25) is 0 Å². The fraction of sp³-hybridized carbons (Fsp3) is 0.474. The van der Waals surface area contributed by atoms with Crippen molar-refractivity contribution in [2.24, 2.45) is 11.8 Å². The number of aromatic nitrogens is 2. The van der Waals surface area contributed by atoms with Crippen LogP contribution in [-0.4, -0.2) is 33.1 Å². The van der Waals surface area contributed by atoms with E-state index in [1.807, 2.05) is 36.7 Å². The van der Waals surface area contributed by atoms with Gasteiger partial charge in [0.15, 0.2) is 0 Å². The average Bonchev–Trinajstić information content (AvgIpc) is 2.58. The van der Waals surface area contributed by atoms with Gasteiger partial charge in [0.1, 0.15) is 0 Å². The summed E-state index contributed by atoms with van der Waals surface area (Å²) in [6, 6.07) is 10.0. The molecule has 2 aliphatic rings. The van der Waals surface area contributed by atoms with Crippen LogP contribution >= 0.6 is 0 Å². The Bertz CT molecular complexity index is 632. The minimum atomic E-state index is -0.715. The van der Waals surface area contributed by atoms with E-state index < -0.39 is 5.60 Å². The third-order valence-corrected chi connectivity index (χ3v) is 5.54. The molecular formula is C19H23N3O. The summed E-state index contributed by atoms with van der Waals surface area (Å²) in [6.45, 7) is 2.73. The Labute approximate surface area is 137 Å². The minimum Gasteiger partial charge on any atom is -0.384 e. The van der Waals surface area contributed by atoms with E-state index in [2.05, 4.69) is 20.9 Å². The van der Waals surface area contributed by atoms with Gasteiger partial charge >= 0.3 is 0 Å². The lowest BCUT2D eigenvalue weighted by Gasteiger charge is -2.53. The van der Waals surface area contributed by atoms with Gasteiger partial charge in [-0.05, 0) is 31.0 Å². The van der Waals surface area contributed by atoms with Gasteiger partial charge in [0.25, 0.3) is 0 Å². The SMILES string of the molecule is OC1(c2cccnc2)[C@@H]2CCC[C@H]1CN(Cc1ccccn1)C2. The lowest BCUT2D eigenvalue weighted by Crippen LogP contribution is -2.57. The van der Waals surface area contributed by atoms with E-state index in [1.165, 1.54) is 6.42 Å². The monoisotopic (exact) mass is 309 g/mol. The van der Waals surface area contributed by atoms with Crippen molar-refractivity contribution in [1.82, 2.24) is 14.9 Å². The summed E-state index contributed by atoms with van der Waals surface area (Å²) in [5, 5.41) is 11.5. The van der Waals surface area contributed by atoms with Crippen LogP contribution in [0.1, 0.15) is 30.5 Å². The first-order chi connectivity index (χ1) is 11.3. The van der Waals surface area contributed by atoms with E-state index in [1.54, 1.807) is 6.20 Å². The zero-order valence-corrected chi connectivity index (χ0v) is 13.3. The van der Waals surface area contributed by atoms with E-state index in [4.69, 9.17) is 0 Å². The molecule has 0 aromatic carbocycles. The average molecular weight is 309 g/mol. The summed E-state index contributed by atoms with van der Waals surface area (Å²) in [7, 11) is 0. The van der Waals surface area contributed by atoms with Crippen LogP contribution in [-0.2, 0) is 12.1 Å². The van der Waals surface area contributed by atoms with Gasteiger partial charge in [0, 0.05) is 55.6 Å². The molecule has 1 N–H and O–H groups in total. The number of rotatable bonds is 3. The minimum absolute atomic E-state index is 0.280. The Morgan fingerprint density at radius 2 is 1.91 bits per heavy atom. The Morgan fingerprint density at radius 1 is 1.09 bits per heavy atom. The molecule has 2 aromatic rings. The van der Waals surface area contributed by atoms with Gasteiger partial charge in [-0.25, -0.2) is 0 Å². The van der Waals surface area contributed by atoms with Gasteiger partial charge in [-0.3, -0.25) is 14.9 Å². The van der Waals surface area contributed by atoms with Gasteiger partial charge < -0.3 is 5.11 Å². The number of nitrogens with zero attached hydrogens (tertiary/aromatic N) is 3. The van der Waals surface area contributed by atoms with Gasteiger partial charge in [-0.2, -0.15) is 0 Å². The molecule has 4 heteroatoms. The highest BCUT2D eigenvalue weighted by atomic mass is 16.3. The Balaban J connectivity index is 1.57. The van der Waals surface area contributed by atoms with Crippen molar-refractivity contribution in [3.8, 4) is 0 Å². The molecule has 120 valence electrons. The van der Waals surface area contributed by atoms with Crippen molar-refractivity contribution < 1.29 is 5.11 Å². The summed E-state index contributed by atoms with van der Waals surface area (Å²) < 4.78 is 0. The maximum Gasteiger partial charge on any atom is 0.0991 e. The number of aliphatic hydroxyl groups is 1. The summed E-state index contributed by atoms with van der Waals surface area (Å²) in [4.78, 5) is 11.1. The standard InChI is InChI=1S/C19H23N3O/c23-19(15-7-4-9-20-11-15)16-5-3-6-17(19)13-22(12-16)14-18-8-1-2-10-21-18/h1-2,4,7-11,16-17,23H,3,5-6,12-14H2/t16-,17+,19?. The van der Waals surface area contributed by atoms with Gasteiger partial charge in [-0.15, -0.1) is 0 Å². The molecule has 2 bridgehead atoms. The molecule has 1 aliphatic carbocycles. The predicted molar refractivity (Wildman–Crippen MR) is 88.5 cm³/mol. The highest BCUT2D eigenvalue weighted by Crippen LogP contribution is 2.49. The van der Waals surface area contributed by atoms with Crippen LogP contribution in [0.4, 0.5) is 0 Å². The molecule has 2 aromatic heterocycles. The second kappa shape index (κ2) is 6.02. The van der Waals surface area contributed by atoms with E-state index in [0.29, 0.717) is 0 Å². The van der Waals surface area contributed by atoms with Gasteiger partial charge in [0.05, 0.1) is 11.3 Å². The topological polar surface area (TPSA) is 49.3 Å². The molecule has 4 rings (SSSR count). The van der Waals surface area contributed by atoms with Gasteiger partial charge in [-0.1, -0.05) is 18.6 Å². The Kier molecular flexibility index (Phi) is 3.87. The third kappa shape index (κ3) is 2.66. The van der Waals surface area contributed by atoms with Crippen LogP contribution in [0, 0.1) is 11.8 Å². The first kappa shape index (κ1) is 14.8. The maximum atomic E-state index is 11.5. The quantitative estimate of drug-likeness (QED) is 0.947. The number of fused-ring (bicyclic) bond motifs is 2. The lowest BCUT2D eigenvalue weighted by atomic mass is 9.63. The molecule has 1 aliphatic heterocycles. The summed E-state index contributed by atoms with van der Waals surface area (Å²) in [5.74, 6) is 0.561. The molecule has 1 saturated heterocycles. The molecule has 4 nitrogen and oxygen atoms in total. The van der Waals surface area contributed by atoms with E-state index in [9.17, 15) is 5.11 Å². The Hall–Kier alpha value is -1.78. The molecular weight excluding hydrogens is 286 g/mol. The van der Waals surface area contributed by atoms with Crippen molar-refractivity contribution in [2.75, 3.05) is 13.1 Å². The number of pyridine rings is 2. The number of piperidine rings is 1. The number of hydrogen-bond acceptors (Lipinski definition) is 4. The fourth-order valence-electron chi connectivity index (χ4n) is 4.46. The molecule has 3 heterocycles. The van der Waals surface area contributed by atoms with Crippen LogP contribution in [0.15, 0.2) is 48.9 Å². The van der Waals surface area contributed by atoms with Crippen LogP contribution < -0.4 is 0 Å². The Morgan fingerprint density at radius 3 is 2.57 bits per heavy atom. The number of likely N-dealkylation sites (tertiary alicyclic amines) is 1. The zero-order chi connectivity index (χ0) is 15.7. The largest absolute Gasteiger partial charge is 0.384 e. The highest BCUT2D eigenvalue weighted by Gasteiger charge is 2.51. The first-order valence-corrected chi connectivity index (χ1v) is 8.52. The van der Waals surface area contributed by atoms with Crippen LogP contribution in [0.2, 0.25) is 0 Å². The molecule has 0 amide bonds. The molecule has 0 spiro atoms. The highest BCUT2D eigenvalue weighted by molar-refractivity contribution is 5.23. The van der Waals surface area contributed by atoms with Crippen molar-refractivity contribution in [2.45, 2.75) is 31.4 Å². The van der Waals surface area contributed by atoms with Crippen LogP contribution in [0.25, 0.3) is 0 Å². The van der Waals surface area contributed by atoms with Crippen molar-refractivity contribution in [3.63, 3.8) is 0 Å². The smallest absolute Gasteiger partial charge is 0.0991 e. The van der Waals surface area contributed by atoms with Crippen LogP contribution in [0.3, 0.4) is 0 Å². The van der Waals surface area contributed by atoms with Crippen molar-refractivity contribution in [3.05, 3.63) is 60.2 Å². The molecule has 1 saturated carbocycles. The summed E-state index contributed by atoms with van der Waals surface area (Å²) in [6.07, 6.45) is 8.86. The normalized spacial score (nSPS) is 31.0. The molecule has 2 fully saturated rings. The second-order valence-electron chi connectivity index (χ2n) is 6.91. The lowest BCUT2D eigenvalue weighted by molar-refractivity contribution is -0.148. The van der Waals surface area contributed by atoms with Crippen molar-refractivity contribution in [1.29, 1.82) is 0 Å². The summed E-state index contributed by atoms with van der Waals surface area (Å²) in [5.41, 5.74) is 1.39. The van der Waals surface area contributed by atoms with E-state index in [0.717, 1.165) is 43.7 Å². The molecule has 23 heavy (non-hydrogen) atoms. The third-order valence-electron chi connectivity index (χ3n) is 5.54.